The zero-order chi connectivity index (χ0) is 23.5. The van der Waals surface area contributed by atoms with E-state index in [0.717, 1.165) is 34.2 Å². The van der Waals surface area contributed by atoms with Crippen molar-refractivity contribution < 1.29 is 9.90 Å². The van der Waals surface area contributed by atoms with Gasteiger partial charge in [-0.2, -0.15) is 0 Å². The quantitative estimate of drug-likeness (QED) is 0.591. The molecule has 0 fully saturated rings. The molecule has 5 rings (SSSR count). The first-order chi connectivity index (χ1) is 16.6. The number of rotatable bonds is 6. The Balaban J connectivity index is 1.43. The third-order valence-electron chi connectivity index (χ3n) is 6.58. The Hall–Kier alpha value is -3.96. The molecule has 5 heteroatoms. The van der Waals surface area contributed by atoms with E-state index < -0.39 is 5.54 Å². The van der Waals surface area contributed by atoms with E-state index in [1.54, 1.807) is 4.90 Å². The SMILES string of the molecule is NC1=NC(c2ccccc2)(c2ccccc2)C(=O)N1CC1=CC=CC(c2cccc(CO)c2)C1. The smallest absolute Gasteiger partial charge is 0.266 e. The number of amides is 1. The molecule has 170 valence electrons. The van der Waals surface area contributed by atoms with E-state index >= 15 is 0 Å². The normalized spacial score (nSPS) is 19.1. The first-order valence-electron chi connectivity index (χ1n) is 11.5. The summed E-state index contributed by atoms with van der Waals surface area (Å²) >= 11 is 0. The number of benzene rings is 3. The van der Waals surface area contributed by atoms with Gasteiger partial charge in [0.05, 0.1) is 13.2 Å². The predicted molar refractivity (Wildman–Crippen MR) is 134 cm³/mol. The topological polar surface area (TPSA) is 78.9 Å². The van der Waals surface area contributed by atoms with Gasteiger partial charge in [0.2, 0.25) is 0 Å². The minimum absolute atomic E-state index is 0.0172. The fraction of sp³-hybridized carbons (Fsp3) is 0.172. The molecule has 2 aliphatic rings. The van der Waals surface area contributed by atoms with Crippen LogP contribution < -0.4 is 5.73 Å². The van der Waals surface area contributed by atoms with Gasteiger partial charge in [-0.1, -0.05) is 103 Å². The third kappa shape index (κ3) is 3.84. The number of carbonyl (C=O) groups is 1. The Morgan fingerprint density at radius 1 is 0.971 bits per heavy atom. The summed E-state index contributed by atoms with van der Waals surface area (Å²) in [4.78, 5) is 20.4. The molecule has 1 heterocycles. The number of aliphatic hydroxyl groups excluding tert-OH is 1. The number of hydrogen-bond donors (Lipinski definition) is 2. The summed E-state index contributed by atoms with van der Waals surface area (Å²) in [5.41, 5.74) is 9.95. The standard InChI is InChI=1S/C29H27N3O2/c30-28-31-29(25-13-3-1-4-14-25,26-15-5-2-6-16-26)27(34)32(28)19-21-9-7-11-23(17-21)24-12-8-10-22(18-24)20-33/h1-16,18,23,33H,17,19-20H2,(H2,30,31). The van der Waals surface area contributed by atoms with Crippen molar-refractivity contribution >= 4 is 11.9 Å². The third-order valence-corrected chi connectivity index (χ3v) is 6.58. The lowest BCUT2D eigenvalue weighted by atomic mass is 9.82. The van der Waals surface area contributed by atoms with E-state index in [1.807, 2.05) is 84.9 Å². The van der Waals surface area contributed by atoms with E-state index in [2.05, 4.69) is 18.2 Å². The summed E-state index contributed by atoms with van der Waals surface area (Å²) in [6.07, 6.45) is 7.01. The van der Waals surface area contributed by atoms with E-state index in [9.17, 15) is 9.90 Å². The fourth-order valence-corrected chi connectivity index (χ4v) is 4.85. The van der Waals surface area contributed by atoms with Gasteiger partial charge in [-0.05, 0) is 34.2 Å². The highest BCUT2D eigenvalue weighted by Crippen LogP contribution is 2.40. The molecule has 3 N–H and O–H groups in total. The molecule has 1 unspecified atom stereocenters. The minimum Gasteiger partial charge on any atom is -0.392 e. The van der Waals surface area contributed by atoms with Crippen molar-refractivity contribution in [1.82, 2.24) is 4.90 Å². The van der Waals surface area contributed by atoms with Gasteiger partial charge in [-0.15, -0.1) is 0 Å². The van der Waals surface area contributed by atoms with Gasteiger partial charge in [0.1, 0.15) is 0 Å². The van der Waals surface area contributed by atoms with Gasteiger partial charge >= 0.3 is 0 Å². The second-order valence-corrected chi connectivity index (χ2v) is 8.73. The molecule has 5 nitrogen and oxygen atoms in total. The van der Waals surface area contributed by atoms with Crippen LogP contribution >= 0.6 is 0 Å². The maximum atomic E-state index is 14.0. The molecule has 0 bridgehead atoms. The summed E-state index contributed by atoms with van der Waals surface area (Å²) < 4.78 is 0. The lowest BCUT2D eigenvalue weighted by Gasteiger charge is -2.28. The zero-order valence-corrected chi connectivity index (χ0v) is 18.8. The highest BCUT2D eigenvalue weighted by atomic mass is 16.3. The summed E-state index contributed by atoms with van der Waals surface area (Å²) in [6.45, 7) is 0.402. The first-order valence-corrected chi connectivity index (χ1v) is 11.5. The maximum Gasteiger partial charge on any atom is 0.266 e. The molecule has 0 radical (unpaired) electrons. The molecule has 3 aromatic carbocycles. The molecule has 0 saturated heterocycles. The minimum atomic E-state index is -1.19. The average Bonchev–Trinajstić information content (AvgIpc) is 3.15. The van der Waals surface area contributed by atoms with Crippen LogP contribution in [-0.4, -0.2) is 28.4 Å². The van der Waals surface area contributed by atoms with Gasteiger partial charge in [0.25, 0.3) is 5.91 Å². The molecule has 34 heavy (non-hydrogen) atoms. The summed E-state index contributed by atoms with van der Waals surface area (Å²) in [7, 11) is 0. The van der Waals surface area contributed by atoms with Crippen LogP contribution in [0.3, 0.4) is 0 Å². The van der Waals surface area contributed by atoms with Gasteiger partial charge in [0, 0.05) is 5.92 Å². The van der Waals surface area contributed by atoms with E-state index in [1.165, 1.54) is 0 Å². The summed E-state index contributed by atoms with van der Waals surface area (Å²) in [5.74, 6) is 0.263. The van der Waals surface area contributed by atoms with Crippen LogP contribution in [0.2, 0.25) is 0 Å². The molecular weight excluding hydrogens is 422 g/mol. The molecule has 1 aliphatic heterocycles. The number of guanidine groups is 1. The Morgan fingerprint density at radius 2 is 1.65 bits per heavy atom. The second-order valence-electron chi connectivity index (χ2n) is 8.73. The van der Waals surface area contributed by atoms with Crippen molar-refractivity contribution in [2.24, 2.45) is 10.7 Å². The Bertz CT molecular complexity index is 1240. The van der Waals surface area contributed by atoms with E-state index in [0.29, 0.717) is 6.54 Å². The summed E-state index contributed by atoms with van der Waals surface area (Å²) in [6, 6.07) is 27.2. The van der Waals surface area contributed by atoms with Gasteiger partial charge in [0.15, 0.2) is 11.5 Å². The maximum absolute atomic E-state index is 14.0. The molecule has 0 aromatic heterocycles. The zero-order valence-electron chi connectivity index (χ0n) is 18.8. The lowest BCUT2D eigenvalue weighted by molar-refractivity contribution is -0.129. The monoisotopic (exact) mass is 449 g/mol. The van der Waals surface area contributed by atoms with Crippen molar-refractivity contribution in [1.29, 1.82) is 0 Å². The molecule has 1 amide bonds. The lowest BCUT2D eigenvalue weighted by Crippen LogP contribution is -2.44. The number of nitrogens with zero attached hydrogens (tertiary/aromatic N) is 2. The van der Waals surface area contributed by atoms with Gasteiger partial charge < -0.3 is 10.8 Å². The highest BCUT2D eigenvalue weighted by molar-refractivity contribution is 6.09. The number of aliphatic imine (C=N–C) groups is 1. The number of carbonyl (C=O) groups excluding carboxylic acids is 1. The first kappa shape index (κ1) is 21.9. The fourth-order valence-electron chi connectivity index (χ4n) is 4.85. The molecule has 0 spiro atoms. The number of aliphatic hydroxyl groups is 1. The van der Waals surface area contributed by atoms with Crippen LogP contribution in [0.25, 0.3) is 0 Å². The number of allylic oxidation sites excluding steroid dienone is 3. The Morgan fingerprint density at radius 3 is 2.29 bits per heavy atom. The second kappa shape index (κ2) is 9.12. The van der Waals surface area contributed by atoms with Crippen LogP contribution in [-0.2, 0) is 16.9 Å². The van der Waals surface area contributed by atoms with Crippen molar-refractivity contribution in [3.63, 3.8) is 0 Å². The van der Waals surface area contributed by atoms with Gasteiger partial charge in [-0.3, -0.25) is 9.69 Å². The summed E-state index contributed by atoms with van der Waals surface area (Å²) in [5, 5.41) is 9.50. The van der Waals surface area contributed by atoms with Crippen LogP contribution in [0.15, 0.2) is 114 Å². The van der Waals surface area contributed by atoms with E-state index in [-0.39, 0.29) is 24.4 Å². The molecule has 3 aromatic rings. The Labute approximate surface area is 199 Å². The van der Waals surface area contributed by atoms with Crippen LogP contribution in [0.4, 0.5) is 0 Å². The van der Waals surface area contributed by atoms with Crippen LogP contribution in [0, 0.1) is 0 Å². The highest BCUT2D eigenvalue weighted by Gasteiger charge is 2.50. The Kier molecular flexibility index (Phi) is 5.86. The van der Waals surface area contributed by atoms with Crippen LogP contribution in [0.5, 0.6) is 0 Å². The number of hydrogen-bond acceptors (Lipinski definition) is 4. The van der Waals surface area contributed by atoms with Crippen molar-refractivity contribution in [3.05, 3.63) is 131 Å². The predicted octanol–water partition coefficient (Wildman–Crippen LogP) is 4.25. The number of nitrogens with two attached hydrogens (primary N) is 1. The molecule has 1 aliphatic carbocycles. The average molecular weight is 450 g/mol. The molecule has 1 atom stereocenters. The molecular formula is C29H27N3O2. The van der Waals surface area contributed by atoms with Crippen LogP contribution in [0.1, 0.15) is 34.6 Å². The van der Waals surface area contributed by atoms with Gasteiger partial charge in [-0.25, -0.2) is 4.99 Å². The van der Waals surface area contributed by atoms with Crippen molar-refractivity contribution in [3.8, 4) is 0 Å². The van der Waals surface area contributed by atoms with Crippen molar-refractivity contribution in [2.45, 2.75) is 24.5 Å². The van der Waals surface area contributed by atoms with E-state index in [4.69, 9.17) is 10.7 Å². The molecule has 0 saturated carbocycles. The largest absolute Gasteiger partial charge is 0.392 e. The van der Waals surface area contributed by atoms with Crippen molar-refractivity contribution in [2.75, 3.05) is 6.54 Å².